The summed E-state index contributed by atoms with van der Waals surface area (Å²) in [4.78, 5) is 35.9. The first-order valence-electron chi connectivity index (χ1n) is 13.3. The van der Waals surface area contributed by atoms with E-state index in [2.05, 4.69) is 36.2 Å². The van der Waals surface area contributed by atoms with E-state index in [1.165, 1.54) is 6.08 Å². The number of ether oxygens (including phenoxy) is 1. The summed E-state index contributed by atoms with van der Waals surface area (Å²) >= 11 is 0. The van der Waals surface area contributed by atoms with Crippen molar-refractivity contribution in [2.24, 2.45) is 0 Å². The lowest BCUT2D eigenvalue weighted by atomic mass is 9.93. The molecule has 2 aliphatic rings. The first-order valence-corrected chi connectivity index (χ1v) is 13.3. The van der Waals surface area contributed by atoms with Crippen molar-refractivity contribution in [3.63, 3.8) is 0 Å². The van der Waals surface area contributed by atoms with Gasteiger partial charge in [0.15, 0.2) is 11.4 Å². The van der Waals surface area contributed by atoms with Crippen molar-refractivity contribution < 1.29 is 14.3 Å². The van der Waals surface area contributed by atoms with E-state index in [-0.39, 0.29) is 49.6 Å². The quantitative estimate of drug-likeness (QED) is 0.369. The Morgan fingerprint density at radius 3 is 2.64 bits per heavy atom. The topological polar surface area (TPSA) is 114 Å². The van der Waals surface area contributed by atoms with Crippen molar-refractivity contribution in [2.45, 2.75) is 64.1 Å². The molecule has 0 radical (unpaired) electrons. The monoisotopic (exact) mass is 551 g/mol. The van der Waals surface area contributed by atoms with Crippen LogP contribution in [0.5, 0.6) is 0 Å². The number of carbonyl (C=O) groups is 2. The van der Waals surface area contributed by atoms with Crippen LogP contribution in [-0.2, 0) is 27.3 Å². The molecule has 1 aromatic carbocycles. The van der Waals surface area contributed by atoms with Crippen LogP contribution in [0.2, 0.25) is 0 Å². The summed E-state index contributed by atoms with van der Waals surface area (Å²) in [6.45, 7) is 10.4. The maximum absolute atomic E-state index is 12.8. The Kier molecular flexibility index (Phi) is 9.24. The van der Waals surface area contributed by atoms with E-state index in [0.717, 1.165) is 48.4 Å². The zero-order valence-electron chi connectivity index (χ0n) is 22.5. The number of anilines is 2. The largest absolute Gasteiger partial charge is 0.381 e. The van der Waals surface area contributed by atoms with Gasteiger partial charge in [0.2, 0.25) is 17.8 Å². The second-order valence-electron chi connectivity index (χ2n) is 10.2. The fourth-order valence-corrected chi connectivity index (χ4v) is 4.96. The van der Waals surface area contributed by atoms with Crippen LogP contribution in [0.3, 0.4) is 0 Å². The molecule has 2 N–H and O–H groups in total. The summed E-state index contributed by atoms with van der Waals surface area (Å²) in [6, 6.07) is 7.85. The molecule has 11 heteroatoms. The lowest BCUT2D eigenvalue weighted by Crippen LogP contribution is -2.55. The Hall–Kier alpha value is -3.44. The lowest BCUT2D eigenvalue weighted by Gasteiger charge is -2.39. The molecule has 2 saturated heterocycles. The molecule has 5 rings (SSSR count). The molecular weight excluding hydrogens is 514 g/mol. The van der Waals surface area contributed by atoms with E-state index < -0.39 is 0 Å². The van der Waals surface area contributed by atoms with Crippen LogP contribution < -0.4 is 10.6 Å². The number of Topliss-reactive ketones (excluding diaryl/α,β-unsaturated/α-hetero) is 1. The minimum Gasteiger partial charge on any atom is -0.381 e. The van der Waals surface area contributed by atoms with Gasteiger partial charge in [-0.25, -0.2) is 0 Å². The molecule has 208 valence electrons. The number of benzene rings is 1. The number of amides is 1. The molecule has 1 amide bonds. The molecule has 0 saturated carbocycles. The third-order valence-electron chi connectivity index (χ3n) is 7.24. The summed E-state index contributed by atoms with van der Waals surface area (Å²) in [5, 5.41) is 11.5. The highest BCUT2D eigenvalue weighted by atomic mass is 32.1. The van der Waals surface area contributed by atoms with Crippen LogP contribution in [0.1, 0.15) is 55.7 Å². The van der Waals surface area contributed by atoms with Crippen molar-refractivity contribution in [2.75, 3.05) is 30.4 Å². The number of nitrogens with zero attached hydrogens (tertiary/aromatic N) is 5. The number of likely N-dealkylation sites (tertiary alicyclic amines) is 1. The second-order valence-corrected chi connectivity index (χ2v) is 10.2. The zero-order valence-corrected chi connectivity index (χ0v) is 23.5. The third-order valence-corrected chi connectivity index (χ3v) is 7.24. The van der Waals surface area contributed by atoms with Gasteiger partial charge in [0.05, 0.1) is 12.2 Å². The van der Waals surface area contributed by atoms with Crippen LogP contribution in [0.15, 0.2) is 43.1 Å². The molecule has 0 spiro atoms. The Balaban J connectivity index is 0.00000353. The Morgan fingerprint density at radius 1 is 1.18 bits per heavy atom. The van der Waals surface area contributed by atoms with Crippen molar-refractivity contribution in [1.82, 2.24) is 24.5 Å². The molecule has 0 bridgehead atoms. The maximum Gasteiger partial charge on any atom is 0.246 e. The van der Waals surface area contributed by atoms with Gasteiger partial charge in [-0.2, -0.15) is 33.1 Å². The van der Waals surface area contributed by atoms with Crippen molar-refractivity contribution >= 4 is 42.7 Å². The molecule has 2 aliphatic heterocycles. The van der Waals surface area contributed by atoms with Gasteiger partial charge < -0.3 is 20.3 Å². The summed E-state index contributed by atoms with van der Waals surface area (Å²) < 4.78 is 7.23. The standard InChI is InChI=1S/C28H35N7O3.H2S/c1-4-25(37)34-11-8-23(34)24(36)15-19-6-5-7-20(14-19)16-29-28-33-27(31-21-9-12-38-13-10-21)32-26-22(18(2)3)17-30-35(26)28;/h4-7,14,17-18,21,23H,1,8-13,15-16H2,2-3H3,(H2,29,31,32,33);1H2/t23-;/m0./s1. The molecule has 2 aromatic heterocycles. The summed E-state index contributed by atoms with van der Waals surface area (Å²) in [5.74, 6) is 1.32. The van der Waals surface area contributed by atoms with Crippen LogP contribution in [-0.4, -0.2) is 68.0 Å². The van der Waals surface area contributed by atoms with Crippen LogP contribution in [0.25, 0.3) is 5.65 Å². The first-order chi connectivity index (χ1) is 18.4. The molecular formula is C28H37N7O3S. The van der Waals surface area contributed by atoms with Gasteiger partial charge in [0, 0.05) is 44.3 Å². The highest BCUT2D eigenvalue weighted by Crippen LogP contribution is 2.24. The van der Waals surface area contributed by atoms with Crippen molar-refractivity contribution in [3.05, 3.63) is 59.8 Å². The summed E-state index contributed by atoms with van der Waals surface area (Å²) in [7, 11) is 0. The maximum atomic E-state index is 12.8. The second kappa shape index (κ2) is 12.6. The number of ketones is 1. The molecule has 0 unspecified atom stereocenters. The van der Waals surface area contributed by atoms with Crippen LogP contribution >= 0.6 is 13.5 Å². The lowest BCUT2D eigenvalue weighted by molar-refractivity contribution is -0.142. The van der Waals surface area contributed by atoms with Gasteiger partial charge in [-0.1, -0.05) is 44.7 Å². The van der Waals surface area contributed by atoms with Crippen LogP contribution in [0.4, 0.5) is 11.9 Å². The molecule has 4 heterocycles. The minimum absolute atomic E-state index is 0. The predicted octanol–water partition coefficient (Wildman–Crippen LogP) is 3.46. The molecule has 2 fully saturated rings. The number of nitrogens with one attached hydrogen (secondary N) is 2. The predicted molar refractivity (Wildman–Crippen MR) is 156 cm³/mol. The molecule has 10 nitrogen and oxygen atoms in total. The third kappa shape index (κ3) is 6.42. The minimum atomic E-state index is -0.354. The Bertz CT molecular complexity index is 1340. The van der Waals surface area contributed by atoms with E-state index in [4.69, 9.17) is 14.7 Å². The van der Waals surface area contributed by atoms with E-state index in [1.54, 1.807) is 9.42 Å². The number of carbonyl (C=O) groups excluding carboxylic acids is 2. The van der Waals surface area contributed by atoms with E-state index in [0.29, 0.717) is 31.4 Å². The molecule has 0 aliphatic carbocycles. The Labute approximate surface area is 235 Å². The summed E-state index contributed by atoms with van der Waals surface area (Å²) in [5.41, 5.74) is 3.78. The molecule has 1 atom stereocenters. The number of aromatic nitrogens is 4. The number of rotatable bonds is 10. The molecule has 39 heavy (non-hydrogen) atoms. The smallest absolute Gasteiger partial charge is 0.246 e. The average molecular weight is 552 g/mol. The normalized spacial score (nSPS) is 17.4. The van der Waals surface area contributed by atoms with E-state index in [9.17, 15) is 9.59 Å². The van der Waals surface area contributed by atoms with Gasteiger partial charge in [0.1, 0.15) is 0 Å². The van der Waals surface area contributed by atoms with E-state index >= 15 is 0 Å². The van der Waals surface area contributed by atoms with Gasteiger partial charge in [-0.05, 0) is 42.4 Å². The first kappa shape index (κ1) is 28.6. The number of hydrogen-bond acceptors (Lipinski definition) is 8. The van der Waals surface area contributed by atoms with Gasteiger partial charge in [-0.15, -0.1) is 0 Å². The summed E-state index contributed by atoms with van der Waals surface area (Å²) in [6.07, 6.45) is 5.94. The number of fused-ring (bicyclic) bond motifs is 1. The fraction of sp³-hybridized carbons (Fsp3) is 0.464. The fourth-order valence-electron chi connectivity index (χ4n) is 4.96. The van der Waals surface area contributed by atoms with Crippen molar-refractivity contribution in [1.29, 1.82) is 0 Å². The highest BCUT2D eigenvalue weighted by molar-refractivity contribution is 7.59. The van der Waals surface area contributed by atoms with Gasteiger partial charge >= 0.3 is 0 Å². The SMILES string of the molecule is C=CC(=O)N1CC[C@H]1C(=O)Cc1cccc(CNc2nc(NC3CCOCC3)nc3c(C(C)C)cnn23)c1.S. The Morgan fingerprint density at radius 2 is 1.95 bits per heavy atom. The number of hydrogen-bond donors (Lipinski definition) is 2. The van der Waals surface area contributed by atoms with Crippen molar-refractivity contribution in [3.8, 4) is 0 Å². The average Bonchev–Trinajstić information content (AvgIpc) is 3.32. The van der Waals surface area contributed by atoms with Gasteiger partial charge in [0.25, 0.3) is 0 Å². The van der Waals surface area contributed by atoms with Gasteiger partial charge in [-0.3, -0.25) is 9.59 Å². The molecule has 3 aromatic rings. The zero-order chi connectivity index (χ0) is 26.6. The van der Waals surface area contributed by atoms with E-state index in [1.807, 2.05) is 30.5 Å². The van der Waals surface area contributed by atoms with Crippen LogP contribution in [0, 0.1) is 0 Å². The highest BCUT2D eigenvalue weighted by Gasteiger charge is 2.35.